The Kier molecular flexibility index (Phi) is 6.48. The van der Waals surface area contributed by atoms with Gasteiger partial charge in [-0.1, -0.05) is 12.2 Å². The van der Waals surface area contributed by atoms with Crippen LogP contribution in [0.4, 0.5) is 0 Å². The molecule has 0 aliphatic rings. The van der Waals surface area contributed by atoms with Gasteiger partial charge in [0.25, 0.3) is 5.91 Å². The zero-order valence-corrected chi connectivity index (χ0v) is 13.1. The Labute approximate surface area is 129 Å². The van der Waals surface area contributed by atoms with Crippen LogP contribution in [0.1, 0.15) is 17.3 Å². The molecule has 21 heavy (non-hydrogen) atoms. The van der Waals surface area contributed by atoms with E-state index >= 15 is 0 Å². The molecule has 6 nitrogen and oxygen atoms in total. The van der Waals surface area contributed by atoms with Crippen molar-refractivity contribution in [2.75, 3.05) is 20.8 Å². The number of benzene rings is 1. The summed E-state index contributed by atoms with van der Waals surface area (Å²) >= 11 is 5.01. The monoisotopic (exact) mass is 309 g/mol. The van der Waals surface area contributed by atoms with Crippen molar-refractivity contribution in [3.63, 3.8) is 0 Å². The maximum absolute atomic E-state index is 12.0. The van der Waals surface area contributed by atoms with Crippen molar-refractivity contribution in [2.45, 2.75) is 6.92 Å². The first kappa shape index (κ1) is 16.8. The molecule has 114 valence electrons. The lowest BCUT2D eigenvalue weighted by molar-refractivity contribution is 0.0943. The fraction of sp³-hybridized carbons (Fsp3) is 0.286. The quantitative estimate of drug-likeness (QED) is 0.434. The van der Waals surface area contributed by atoms with Crippen LogP contribution in [-0.4, -0.2) is 31.8 Å². The maximum Gasteiger partial charge on any atom is 0.269 e. The average Bonchev–Trinajstić information content (AvgIpc) is 2.49. The van der Waals surface area contributed by atoms with Gasteiger partial charge in [-0.05, 0) is 31.3 Å². The molecule has 0 saturated heterocycles. The third-order valence-corrected chi connectivity index (χ3v) is 2.70. The SMILES string of the molecule is C=C(C)CNC(=S)NNC(=O)c1cc(OC)cc(OC)c1. The van der Waals surface area contributed by atoms with E-state index in [4.69, 9.17) is 21.7 Å². The van der Waals surface area contributed by atoms with E-state index in [1.807, 2.05) is 6.92 Å². The van der Waals surface area contributed by atoms with Crippen LogP contribution < -0.4 is 25.6 Å². The minimum absolute atomic E-state index is 0.307. The Hall–Kier alpha value is -2.28. The molecule has 3 N–H and O–H groups in total. The fourth-order valence-electron chi connectivity index (χ4n) is 1.40. The molecule has 0 unspecified atom stereocenters. The lowest BCUT2D eigenvalue weighted by atomic mass is 10.2. The molecule has 7 heteroatoms. The number of hydrogen-bond donors (Lipinski definition) is 3. The average molecular weight is 309 g/mol. The van der Waals surface area contributed by atoms with Crippen LogP contribution in [0.2, 0.25) is 0 Å². The van der Waals surface area contributed by atoms with E-state index in [0.717, 1.165) is 5.57 Å². The van der Waals surface area contributed by atoms with Crippen molar-refractivity contribution in [1.82, 2.24) is 16.2 Å². The molecule has 0 aliphatic carbocycles. The molecule has 0 aliphatic heterocycles. The molecule has 1 rings (SSSR count). The topological polar surface area (TPSA) is 71.6 Å². The number of rotatable bonds is 5. The molecule has 0 heterocycles. The lowest BCUT2D eigenvalue weighted by Crippen LogP contribution is -2.47. The van der Waals surface area contributed by atoms with Gasteiger partial charge < -0.3 is 14.8 Å². The lowest BCUT2D eigenvalue weighted by Gasteiger charge is -2.12. The largest absolute Gasteiger partial charge is 0.497 e. The molecule has 0 radical (unpaired) electrons. The van der Waals surface area contributed by atoms with Crippen molar-refractivity contribution in [2.24, 2.45) is 0 Å². The first-order valence-corrected chi connectivity index (χ1v) is 6.58. The van der Waals surface area contributed by atoms with Crippen molar-refractivity contribution >= 4 is 23.2 Å². The van der Waals surface area contributed by atoms with Crippen LogP contribution in [0.5, 0.6) is 11.5 Å². The Balaban J connectivity index is 2.63. The summed E-state index contributed by atoms with van der Waals surface area (Å²) in [5.41, 5.74) is 6.42. The van der Waals surface area contributed by atoms with Crippen molar-refractivity contribution in [1.29, 1.82) is 0 Å². The number of methoxy groups -OCH3 is 2. The number of nitrogens with one attached hydrogen (secondary N) is 3. The highest BCUT2D eigenvalue weighted by Gasteiger charge is 2.10. The van der Waals surface area contributed by atoms with Crippen molar-refractivity contribution < 1.29 is 14.3 Å². The van der Waals surface area contributed by atoms with Gasteiger partial charge in [0.15, 0.2) is 5.11 Å². The molecule has 1 aromatic carbocycles. The van der Waals surface area contributed by atoms with Crippen LogP contribution in [0.15, 0.2) is 30.4 Å². The highest BCUT2D eigenvalue weighted by atomic mass is 32.1. The van der Waals surface area contributed by atoms with Gasteiger partial charge in [-0.15, -0.1) is 0 Å². The van der Waals surface area contributed by atoms with Crippen molar-refractivity contribution in [3.05, 3.63) is 35.9 Å². The summed E-state index contributed by atoms with van der Waals surface area (Å²) in [7, 11) is 3.04. The Morgan fingerprint density at radius 3 is 2.24 bits per heavy atom. The van der Waals surface area contributed by atoms with E-state index in [0.29, 0.717) is 28.7 Å². The molecule has 0 fully saturated rings. The van der Waals surface area contributed by atoms with Crippen LogP contribution >= 0.6 is 12.2 Å². The predicted octanol–water partition coefficient (Wildman–Crippen LogP) is 1.39. The highest BCUT2D eigenvalue weighted by molar-refractivity contribution is 7.80. The first-order valence-electron chi connectivity index (χ1n) is 6.18. The normalized spacial score (nSPS) is 9.48. The third kappa shape index (κ3) is 5.70. The van der Waals surface area contributed by atoms with Crippen LogP contribution in [0.25, 0.3) is 0 Å². The van der Waals surface area contributed by atoms with Crippen LogP contribution in [-0.2, 0) is 0 Å². The number of thiocarbonyl (C=S) groups is 1. The molecular weight excluding hydrogens is 290 g/mol. The second-order valence-electron chi connectivity index (χ2n) is 4.32. The standard InChI is InChI=1S/C14H19N3O3S/c1-9(2)8-15-14(21)17-16-13(18)10-5-11(19-3)7-12(6-10)20-4/h5-7H,1,8H2,2-4H3,(H,16,18)(H2,15,17,21). The molecule has 0 spiro atoms. The molecule has 0 saturated carbocycles. The Bertz CT molecular complexity index is 524. The molecule has 1 amide bonds. The second-order valence-corrected chi connectivity index (χ2v) is 4.73. The van der Waals surface area contributed by atoms with E-state index in [9.17, 15) is 4.79 Å². The maximum atomic E-state index is 12.0. The number of ether oxygens (including phenoxy) is 2. The van der Waals surface area contributed by atoms with Crippen LogP contribution in [0, 0.1) is 0 Å². The van der Waals surface area contributed by atoms with Gasteiger partial charge in [0.2, 0.25) is 0 Å². The highest BCUT2D eigenvalue weighted by Crippen LogP contribution is 2.22. The number of carbonyl (C=O) groups excluding carboxylic acids is 1. The van der Waals surface area contributed by atoms with Crippen LogP contribution in [0.3, 0.4) is 0 Å². The van der Waals surface area contributed by atoms with Gasteiger partial charge in [0, 0.05) is 18.2 Å². The van der Waals surface area contributed by atoms with E-state index in [1.54, 1.807) is 18.2 Å². The van der Waals surface area contributed by atoms with Crippen molar-refractivity contribution in [3.8, 4) is 11.5 Å². The summed E-state index contributed by atoms with van der Waals surface area (Å²) in [5, 5.41) is 3.20. The number of amides is 1. The third-order valence-electron chi connectivity index (χ3n) is 2.45. The van der Waals surface area contributed by atoms with Gasteiger partial charge in [-0.25, -0.2) is 0 Å². The second kappa shape index (κ2) is 8.11. The summed E-state index contributed by atoms with van der Waals surface area (Å²) < 4.78 is 10.2. The summed E-state index contributed by atoms with van der Waals surface area (Å²) in [6, 6.07) is 4.89. The van der Waals surface area contributed by atoms with Gasteiger partial charge in [0.05, 0.1) is 14.2 Å². The molecule has 0 atom stereocenters. The summed E-state index contributed by atoms with van der Waals surface area (Å²) in [6.45, 7) is 6.15. The smallest absolute Gasteiger partial charge is 0.269 e. The van der Waals surface area contributed by atoms with Gasteiger partial charge in [-0.3, -0.25) is 15.6 Å². The summed E-state index contributed by atoms with van der Waals surface area (Å²) in [6.07, 6.45) is 0. The Morgan fingerprint density at radius 2 is 1.76 bits per heavy atom. The van der Waals surface area contributed by atoms with E-state index in [-0.39, 0.29) is 5.91 Å². The number of carbonyl (C=O) groups is 1. The number of hydrazine groups is 1. The predicted molar refractivity (Wildman–Crippen MR) is 85.6 cm³/mol. The van der Waals surface area contributed by atoms with Gasteiger partial charge >= 0.3 is 0 Å². The number of hydrogen-bond acceptors (Lipinski definition) is 4. The zero-order chi connectivity index (χ0) is 15.8. The summed E-state index contributed by atoms with van der Waals surface area (Å²) in [4.78, 5) is 12.0. The van der Waals surface area contributed by atoms with Gasteiger partial charge in [-0.2, -0.15) is 0 Å². The zero-order valence-electron chi connectivity index (χ0n) is 12.3. The molecule has 0 aromatic heterocycles. The minimum atomic E-state index is -0.355. The molecule has 1 aromatic rings. The van der Waals surface area contributed by atoms with E-state index in [2.05, 4.69) is 22.7 Å². The van der Waals surface area contributed by atoms with E-state index in [1.165, 1.54) is 14.2 Å². The molecular formula is C14H19N3O3S. The summed E-state index contributed by atoms with van der Waals surface area (Å²) in [5.74, 6) is 0.705. The first-order chi connectivity index (χ1) is 9.96. The fourth-order valence-corrected chi connectivity index (χ4v) is 1.52. The molecule has 0 bridgehead atoms. The minimum Gasteiger partial charge on any atom is -0.497 e. The van der Waals surface area contributed by atoms with E-state index < -0.39 is 0 Å². The Morgan fingerprint density at radius 1 is 1.19 bits per heavy atom. The van der Waals surface area contributed by atoms with Gasteiger partial charge in [0.1, 0.15) is 11.5 Å².